The van der Waals surface area contributed by atoms with Crippen molar-refractivity contribution in [3.05, 3.63) is 57.6 Å². The van der Waals surface area contributed by atoms with E-state index in [1.165, 1.54) is 12.8 Å². The zero-order valence-corrected chi connectivity index (χ0v) is 18.2. The van der Waals surface area contributed by atoms with Gasteiger partial charge < -0.3 is 9.47 Å². The van der Waals surface area contributed by atoms with Crippen LogP contribution in [-0.2, 0) is 0 Å². The molecule has 0 fully saturated rings. The molecule has 5 nitrogen and oxygen atoms in total. The SMILES string of the molecule is CCCCCCOc1c(Br)cc(/C=N/NC(=O)c2ccc(C)cc2)cc1OC. The molecule has 6 heteroatoms. The number of nitrogens with one attached hydrogen (secondary N) is 1. The Balaban J connectivity index is 1.99. The highest BCUT2D eigenvalue weighted by Gasteiger charge is 2.11. The number of nitrogens with zero attached hydrogens (tertiary/aromatic N) is 1. The van der Waals surface area contributed by atoms with Crippen LogP contribution in [0.1, 0.15) is 54.1 Å². The summed E-state index contributed by atoms with van der Waals surface area (Å²) in [5.74, 6) is 1.05. The quantitative estimate of drug-likeness (QED) is 0.298. The predicted octanol–water partition coefficient (Wildman–Crippen LogP) is 5.49. The van der Waals surface area contributed by atoms with Gasteiger partial charge in [-0.1, -0.05) is 43.9 Å². The van der Waals surface area contributed by atoms with Crippen LogP contribution < -0.4 is 14.9 Å². The van der Waals surface area contributed by atoms with Crippen LogP contribution in [0.15, 0.2) is 46.0 Å². The largest absolute Gasteiger partial charge is 0.493 e. The molecule has 150 valence electrons. The Morgan fingerprint density at radius 2 is 1.93 bits per heavy atom. The van der Waals surface area contributed by atoms with Gasteiger partial charge in [-0.2, -0.15) is 5.10 Å². The van der Waals surface area contributed by atoms with Crippen molar-refractivity contribution >= 4 is 28.1 Å². The molecule has 1 N–H and O–H groups in total. The molecular formula is C22H27BrN2O3. The lowest BCUT2D eigenvalue weighted by Gasteiger charge is -2.13. The number of hydrazone groups is 1. The number of carbonyl (C=O) groups excluding carboxylic acids is 1. The Morgan fingerprint density at radius 1 is 1.18 bits per heavy atom. The summed E-state index contributed by atoms with van der Waals surface area (Å²) in [6, 6.07) is 11.0. The van der Waals surface area contributed by atoms with Crippen LogP contribution >= 0.6 is 15.9 Å². The van der Waals surface area contributed by atoms with Gasteiger partial charge in [0.15, 0.2) is 11.5 Å². The second kappa shape index (κ2) is 11.5. The molecule has 0 heterocycles. The molecule has 0 aromatic heterocycles. The summed E-state index contributed by atoms with van der Waals surface area (Å²) in [4.78, 5) is 12.1. The van der Waals surface area contributed by atoms with Crippen molar-refractivity contribution in [2.24, 2.45) is 5.10 Å². The van der Waals surface area contributed by atoms with Gasteiger partial charge in [-0.25, -0.2) is 5.43 Å². The number of rotatable bonds is 10. The molecule has 2 aromatic rings. The van der Waals surface area contributed by atoms with Crippen molar-refractivity contribution in [2.45, 2.75) is 39.5 Å². The van der Waals surface area contributed by atoms with Crippen LogP contribution in [0.25, 0.3) is 0 Å². The van der Waals surface area contributed by atoms with Crippen molar-refractivity contribution in [2.75, 3.05) is 13.7 Å². The minimum Gasteiger partial charge on any atom is -0.493 e. The molecule has 28 heavy (non-hydrogen) atoms. The van der Waals surface area contributed by atoms with Gasteiger partial charge >= 0.3 is 0 Å². The molecule has 0 aliphatic carbocycles. The van der Waals surface area contributed by atoms with Crippen LogP contribution in [0.5, 0.6) is 11.5 Å². The second-order valence-electron chi connectivity index (χ2n) is 6.51. The maximum atomic E-state index is 12.1. The number of hydrogen-bond donors (Lipinski definition) is 1. The van der Waals surface area contributed by atoms with Crippen molar-refractivity contribution in [1.82, 2.24) is 5.43 Å². The number of unbranched alkanes of at least 4 members (excludes halogenated alkanes) is 3. The van der Waals surface area contributed by atoms with Crippen LogP contribution in [0.3, 0.4) is 0 Å². The predicted molar refractivity (Wildman–Crippen MR) is 117 cm³/mol. The summed E-state index contributed by atoms with van der Waals surface area (Å²) in [5, 5.41) is 4.04. The van der Waals surface area contributed by atoms with E-state index in [2.05, 4.69) is 33.4 Å². The molecule has 0 atom stereocenters. The molecule has 0 bridgehead atoms. The molecule has 0 aliphatic heterocycles. The third-order valence-electron chi connectivity index (χ3n) is 4.19. The van der Waals surface area contributed by atoms with E-state index in [1.807, 2.05) is 31.2 Å². The van der Waals surface area contributed by atoms with Gasteiger partial charge in [0.1, 0.15) is 0 Å². The Kier molecular flexibility index (Phi) is 9.01. The molecule has 0 radical (unpaired) electrons. The smallest absolute Gasteiger partial charge is 0.271 e. The number of ether oxygens (including phenoxy) is 2. The third kappa shape index (κ3) is 6.68. The van der Waals surface area contributed by atoms with Gasteiger partial charge in [0.2, 0.25) is 0 Å². The van der Waals surface area contributed by atoms with Gasteiger partial charge in [0.25, 0.3) is 5.91 Å². The molecule has 0 saturated carbocycles. The fourth-order valence-corrected chi connectivity index (χ4v) is 3.17. The third-order valence-corrected chi connectivity index (χ3v) is 4.78. The first-order chi connectivity index (χ1) is 13.5. The molecule has 0 spiro atoms. The lowest BCUT2D eigenvalue weighted by atomic mass is 10.1. The number of hydrogen-bond acceptors (Lipinski definition) is 4. The molecule has 2 aromatic carbocycles. The number of benzene rings is 2. The van der Waals surface area contributed by atoms with Crippen molar-refractivity contribution in [1.29, 1.82) is 0 Å². The number of methoxy groups -OCH3 is 1. The standard InChI is InChI=1S/C22H27BrN2O3/c1-4-5-6-7-12-28-21-19(23)13-17(14-20(21)27-3)15-24-25-22(26)18-10-8-16(2)9-11-18/h8-11,13-15H,4-7,12H2,1-3H3,(H,25,26)/b24-15+. The van der Waals surface area contributed by atoms with Gasteiger partial charge in [-0.3, -0.25) is 4.79 Å². The molecule has 0 saturated heterocycles. The van der Waals surface area contributed by atoms with Crippen LogP contribution in [0, 0.1) is 6.92 Å². The van der Waals surface area contributed by atoms with Crippen molar-refractivity contribution in [3.63, 3.8) is 0 Å². The van der Waals surface area contributed by atoms with E-state index in [-0.39, 0.29) is 5.91 Å². The second-order valence-corrected chi connectivity index (χ2v) is 7.36. The summed E-state index contributed by atoms with van der Waals surface area (Å²) in [6.45, 7) is 4.81. The van der Waals surface area contributed by atoms with E-state index in [0.717, 1.165) is 28.4 Å². The molecule has 0 aliphatic rings. The van der Waals surface area contributed by atoms with E-state index in [9.17, 15) is 4.79 Å². The summed E-state index contributed by atoms with van der Waals surface area (Å²) < 4.78 is 12.1. The Hall–Kier alpha value is -2.34. The zero-order chi connectivity index (χ0) is 20.4. The Labute approximate surface area is 175 Å². The monoisotopic (exact) mass is 446 g/mol. The maximum absolute atomic E-state index is 12.1. The fraction of sp³-hybridized carbons (Fsp3) is 0.364. The Bertz CT molecular complexity index is 804. The number of aryl methyl sites for hydroxylation is 1. The first-order valence-electron chi connectivity index (χ1n) is 9.45. The van der Waals surface area contributed by atoms with Crippen molar-refractivity contribution in [3.8, 4) is 11.5 Å². The fourth-order valence-electron chi connectivity index (χ4n) is 2.59. The molecule has 2 rings (SSSR count). The van der Waals surface area contributed by atoms with E-state index in [0.29, 0.717) is 23.7 Å². The summed E-state index contributed by atoms with van der Waals surface area (Å²) in [5.41, 5.74) is 4.98. The lowest BCUT2D eigenvalue weighted by Crippen LogP contribution is -2.17. The average Bonchev–Trinajstić information content (AvgIpc) is 2.69. The van der Waals surface area contributed by atoms with E-state index >= 15 is 0 Å². The number of amides is 1. The topological polar surface area (TPSA) is 59.9 Å². The minimum absolute atomic E-state index is 0.255. The van der Waals surface area contributed by atoms with Crippen LogP contribution in [0.2, 0.25) is 0 Å². The average molecular weight is 447 g/mol. The highest BCUT2D eigenvalue weighted by atomic mass is 79.9. The number of carbonyl (C=O) groups is 1. The maximum Gasteiger partial charge on any atom is 0.271 e. The molecule has 1 amide bonds. The molecular weight excluding hydrogens is 420 g/mol. The lowest BCUT2D eigenvalue weighted by molar-refractivity contribution is 0.0955. The number of halogens is 1. The highest BCUT2D eigenvalue weighted by Crippen LogP contribution is 2.36. The first kappa shape index (κ1) is 22.0. The normalized spacial score (nSPS) is 10.9. The first-order valence-corrected chi connectivity index (χ1v) is 10.2. The van der Waals surface area contributed by atoms with Crippen molar-refractivity contribution < 1.29 is 14.3 Å². The Morgan fingerprint density at radius 3 is 2.61 bits per heavy atom. The minimum atomic E-state index is -0.255. The summed E-state index contributed by atoms with van der Waals surface area (Å²) >= 11 is 3.53. The van der Waals surface area contributed by atoms with Gasteiger partial charge in [-0.15, -0.1) is 0 Å². The van der Waals surface area contributed by atoms with Crippen LogP contribution in [0.4, 0.5) is 0 Å². The van der Waals surface area contributed by atoms with E-state index < -0.39 is 0 Å². The van der Waals surface area contributed by atoms with Gasteiger partial charge in [0, 0.05) is 5.56 Å². The van der Waals surface area contributed by atoms with E-state index in [1.54, 1.807) is 25.5 Å². The van der Waals surface area contributed by atoms with E-state index in [4.69, 9.17) is 9.47 Å². The van der Waals surface area contributed by atoms with Gasteiger partial charge in [-0.05, 0) is 59.1 Å². The van der Waals surface area contributed by atoms with Gasteiger partial charge in [0.05, 0.1) is 24.4 Å². The molecule has 0 unspecified atom stereocenters. The summed E-state index contributed by atoms with van der Waals surface area (Å²) in [6.07, 6.45) is 6.15. The zero-order valence-electron chi connectivity index (χ0n) is 16.6. The highest BCUT2D eigenvalue weighted by molar-refractivity contribution is 9.10. The summed E-state index contributed by atoms with van der Waals surface area (Å²) in [7, 11) is 1.60. The van der Waals surface area contributed by atoms with Crippen LogP contribution in [-0.4, -0.2) is 25.8 Å².